The number of phosphoric ester groups is 1. The standard InChI is InChI=1S/C10H16O13P2/c1-10(9(14)15,24(16,17)18)22-5-2-4(8(12)13)3-6(7(5)11)23-25(19,20)21/h3,5-7,11H,2H2,1H3,(H,12,13)(H,14,15)(H2,16,17,18)(H2,19,20,21)/t5-,6-,7+,10+/m1/s1. The SMILES string of the molecule is C[C@@](O[C@@H]1CC(C(=O)O)=C[C@@H](OP(=O)(O)O)[C@H]1O)(C(=O)O)P(=O)(O)O. The molecule has 1 aliphatic rings. The molecule has 1 aliphatic carbocycles. The Labute approximate surface area is 139 Å². The minimum atomic E-state index is -5.44. The monoisotopic (exact) mass is 406 g/mol. The average molecular weight is 406 g/mol. The Bertz CT molecular complexity index is 674. The molecule has 0 spiro atoms. The molecule has 25 heavy (non-hydrogen) atoms. The van der Waals surface area contributed by atoms with Gasteiger partial charge in [0.1, 0.15) is 12.2 Å². The van der Waals surface area contributed by atoms with Crippen LogP contribution in [0, 0.1) is 0 Å². The molecule has 144 valence electrons. The van der Waals surface area contributed by atoms with Gasteiger partial charge in [-0.1, -0.05) is 0 Å². The zero-order valence-electron chi connectivity index (χ0n) is 12.5. The first kappa shape index (κ1) is 21.9. The predicted octanol–water partition coefficient (Wildman–Crippen LogP) is -1.40. The molecule has 7 N–H and O–H groups in total. The highest BCUT2D eigenvalue weighted by molar-refractivity contribution is 7.54. The molecule has 1 rings (SSSR count). The molecule has 15 heteroatoms. The molecular weight excluding hydrogens is 390 g/mol. The van der Waals surface area contributed by atoms with Crippen molar-refractivity contribution in [2.75, 3.05) is 0 Å². The molecule has 0 aromatic rings. The Hall–Kier alpha value is -1.14. The topological polar surface area (TPSA) is 228 Å². The predicted molar refractivity (Wildman–Crippen MR) is 76.2 cm³/mol. The lowest BCUT2D eigenvalue weighted by atomic mass is 9.92. The van der Waals surface area contributed by atoms with E-state index in [1.54, 1.807) is 0 Å². The second-order valence-electron chi connectivity index (χ2n) is 5.24. The average Bonchev–Trinajstić information content (AvgIpc) is 2.39. The Balaban J connectivity index is 3.25. The Morgan fingerprint density at radius 2 is 1.72 bits per heavy atom. The fraction of sp³-hybridized carbons (Fsp3) is 0.600. The molecule has 0 radical (unpaired) electrons. The molecule has 4 atom stereocenters. The van der Waals surface area contributed by atoms with Crippen molar-refractivity contribution < 1.29 is 62.9 Å². The number of aliphatic carboxylic acids is 2. The summed E-state index contributed by atoms with van der Waals surface area (Å²) in [5.74, 6) is -3.68. The van der Waals surface area contributed by atoms with Crippen molar-refractivity contribution in [2.24, 2.45) is 0 Å². The van der Waals surface area contributed by atoms with Crippen molar-refractivity contribution in [3.8, 4) is 0 Å². The number of hydrogen-bond donors (Lipinski definition) is 7. The maximum atomic E-state index is 11.4. The van der Waals surface area contributed by atoms with Crippen LogP contribution in [-0.4, -0.2) is 70.5 Å². The van der Waals surface area contributed by atoms with Crippen molar-refractivity contribution in [2.45, 2.75) is 37.0 Å². The molecule has 0 aromatic heterocycles. The molecule has 0 fully saturated rings. The first-order valence-electron chi connectivity index (χ1n) is 6.41. The van der Waals surface area contributed by atoms with Gasteiger partial charge in [-0.25, -0.2) is 14.2 Å². The summed E-state index contributed by atoms with van der Waals surface area (Å²) in [5, 5.41) is 24.9. The van der Waals surface area contributed by atoms with E-state index in [2.05, 4.69) is 4.52 Å². The number of carboxylic acids is 2. The summed E-state index contributed by atoms with van der Waals surface area (Å²) in [4.78, 5) is 58.2. The van der Waals surface area contributed by atoms with Gasteiger partial charge < -0.3 is 39.6 Å². The fourth-order valence-electron chi connectivity index (χ4n) is 1.97. The van der Waals surface area contributed by atoms with Crippen LogP contribution in [0.2, 0.25) is 0 Å². The number of ether oxygens (including phenoxy) is 1. The molecule has 0 aromatic carbocycles. The molecule has 13 nitrogen and oxygen atoms in total. The molecule has 0 amide bonds. The minimum Gasteiger partial charge on any atom is -0.479 e. The van der Waals surface area contributed by atoms with Gasteiger partial charge in [0.2, 0.25) is 0 Å². The first-order chi connectivity index (χ1) is 11.1. The maximum Gasteiger partial charge on any atom is 0.470 e. The highest BCUT2D eigenvalue weighted by atomic mass is 31.2. The van der Waals surface area contributed by atoms with Crippen LogP contribution in [0.15, 0.2) is 11.6 Å². The first-order valence-corrected chi connectivity index (χ1v) is 9.55. The lowest BCUT2D eigenvalue weighted by molar-refractivity contribution is -0.171. The van der Waals surface area contributed by atoms with Gasteiger partial charge in [-0.15, -0.1) is 0 Å². The zero-order chi connectivity index (χ0) is 19.8. The van der Waals surface area contributed by atoms with Gasteiger partial charge >= 0.3 is 27.4 Å². The van der Waals surface area contributed by atoms with E-state index in [1.807, 2.05) is 0 Å². The summed E-state index contributed by atoms with van der Waals surface area (Å²) in [7, 11) is -10.6. The summed E-state index contributed by atoms with van der Waals surface area (Å²) in [6.07, 6.45) is -5.79. The van der Waals surface area contributed by atoms with E-state index in [1.165, 1.54) is 0 Å². The third-order valence-electron chi connectivity index (χ3n) is 3.37. The van der Waals surface area contributed by atoms with Gasteiger partial charge in [-0.05, 0) is 13.0 Å². The van der Waals surface area contributed by atoms with E-state index >= 15 is 0 Å². The molecular formula is C10H16O13P2. The van der Waals surface area contributed by atoms with Gasteiger partial charge in [0.25, 0.3) is 5.34 Å². The van der Waals surface area contributed by atoms with E-state index in [0.29, 0.717) is 13.0 Å². The molecule has 0 saturated heterocycles. The van der Waals surface area contributed by atoms with E-state index in [-0.39, 0.29) is 0 Å². The van der Waals surface area contributed by atoms with E-state index in [9.17, 15) is 33.6 Å². The number of aliphatic hydroxyl groups is 1. The van der Waals surface area contributed by atoms with Crippen LogP contribution in [0.1, 0.15) is 13.3 Å². The van der Waals surface area contributed by atoms with Crippen LogP contribution in [0.3, 0.4) is 0 Å². The van der Waals surface area contributed by atoms with E-state index in [0.717, 1.165) is 0 Å². The zero-order valence-corrected chi connectivity index (χ0v) is 14.3. The number of aliphatic hydroxyl groups excluding tert-OH is 1. The van der Waals surface area contributed by atoms with Gasteiger partial charge in [0.15, 0.2) is 0 Å². The van der Waals surface area contributed by atoms with Crippen molar-refractivity contribution in [1.29, 1.82) is 0 Å². The molecule has 0 aliphatic heterocycles. The van der Waals surface area contributed by atoms with Crippen molar-refractivity contribution >= 4 is 27.4 Å². The molecule has 0 heterocycles. The van der Waals surface area contributed by atoms with Gasteiger partial charge in [-0.2, -0.15) is 0 Å². The normalized spacial score (nSPS) is 27.3. The Morgan fingerprint density at radius 3 is 2.08 bits per heavy atom. The van der Waals surface area contributed by atoms with Crippen LogP contribution in [-0.2, 0) is 28.0 Å². The highest BCUT2D eigenvalue weighted by Crippen LogP contribution is 2.53. The maximum absolute atomic E-state index is 11.4. The lowest BCUT2D eigenvalue weighted by Crippen LogP contribution is -2.50. The fourth-order valence-corrected chi connectivity index (χ4v) is 3.00. The number of hydrogen-bond acceptors (Lipinski definition) is 7. The smallest absolute Gasteiger partial charge is 0.470 e. The van der Waals surface area contributed by atoms with Crippen LogP contribution in [0.5, 0.6) is 0 Å². The van der Waals surface area contributed by atoms with E-state index < -0.39 is 63.0 Å². The van der Waals surface area contributed by atoms with Crippen LogP contribution >= 0.6 is 15.4 Å². The summed E-state index contributed by atoms with van der Waals surface area (Å²) < 4.78 is 31.3. The van der Waals surface area contributed by atoms with Crippen molar-refractivity contribution in [3.63, 3.8) is 0 Å². The molecule has 0 bridgehead atoms. The molecule has 0 saturated carbocycles. The summed E-state index contributed by atoms with van der Waals surface area (Å²) in [5.41, 5.74) is -0.563. The van der Waals surface area contributed by atoms with Crippen LogP contribution in [0.25, 0.3) is 0 Å². The summed E-state index contributed by atoms with van der Waals surface area (Å²) >= 11 is 0. The quantitative estimate of drug-likeness (QED) is 0.242. The largest absolute Gasteiger partial charge is 0.479 e. The van der Waals surface area contributed by atoms with Crippen LogP contribution < -0.4 is 0 Å². The third kappa shape index (κ3) is 5.17. The number of carboxylic acid groups (broad SMARTS) is 2. The van der Waals surface area contributed by atoms with Crippen molar-refractivity contribution in [3.05, 3.63) is 11.6 Å². The Morgan fingerprint density at radius 1 is 1.20 bits per heavy atom. The second kappa shape index (κ2) is 7.23. The van der Waals surface area contributed by atoms with Crippen LogP contribution in [0.4, 0.5) is 0 Å². The summed E-state index contributed by atoms with van der Waals surface area (Å²) in [6.45, 7) is 0.514. The molecule has 0 unspecified atom stereocenters. The van der Waals surface area contributed by atoms with Crippen molar-refractivity contribution in [1.82, 2.24) is 0 Å². The van der Waals surface area contributed by atoms with Gasteiger partial charge in [0, 0.05) is 12.0 Å². The number of carbonyl (C=O) groups is 2. The third-order valence-corrected chi connectivity index (χ3v) is 5.30. The van der Waals surface area contributed by atoms with E-state index in [4.69, 9.17) is 24.7 Å². The van der Waals surface area contributed by atoms with Gasteiger partial charge in [-0.3, -0.25) is 9.09 Å². The highest BCUT2D eigenvalue weighted by Gasteiger charge is 2.54. The lowest BCUT2D eigenvalue weighted by Gasteiger charge is -2.37. The number of rotatable bonds is 7. The summed E-state index contributed by atoms with van der Waals surface area (Å²) in [6, 6.07) is 0. The number of phosphoric acid groups is 1. The van der Waals surface area contributed by atoms with Gasteiger partial charge in [0.05, 0.1) is 6.10 Å². The second-order valence-corrected chi connectivity index (χ2v) is 8.37. The Kier molecular flexibility index (Phi) is 6.34. The minimum absolute atomic E-state index is 0.514.